The molecular weight excluding hydrogens is 386 g/mol. The Morgan fingerprint density at radius 2 is 2.03 bits per heavy atom. The van der Waals surface area contributed by atoms with Gasteiger partial charge in [-0.3, -0.25) is 0 Å². The summed E-state index contributed by atoms with van der Waals surface area (Å²) in [5.41, 5.74) is 1.18. The summed E-state index contributed by atoms with van der Waals surface area (Å²) in [5, 5.41) is 0.716. The molecule has 3 aliphatic rings. The van der Waals surface area contributed by atoms with Gasteiger partial charge >= 0.3 is 0 Å². The molecule has 0 saturated carbocycles. The fraction of sp³-hybridized carbons (Fsp3) is 0.609. The quantitative estimate of drug-likeness (QED) is 0.736. The second-order valence-corrected chi connectivity index (χ2v) is 10.0. The monoisotopic (exact) mass is 415 g/mol. The van der Waals surface area contributed by atoms with Gasteiger partial charge in [0, 0.05) is 42.0 Å². The minimum Gasteiger partial charge on any atom is -0.487 e. The van der Waals surface area contributed by atoms with Gasteiger partial charge in [-0.1, -0.05) is 17.7 Å². The second-order valence-electron chi connectivity index (χ2n) is 9.57. The van der Waals surface area contributed by atoms with Gasteiger partial charge in [-0.2, -0.15) is 0 Å². The van der Waals surface area contributed by atoms with Crippen LogP contribution in [-0.4, -0.2) is 46.3 Å². The van der Waals surface area contributed by atoms with Gasteiger partial charge in [0.1, 0.15) is 11.4 Å². The molecular formula is C23H30ClN3O2. The van der Waals surface area contributed by atoms with Crippen molar-refractivity contribution in [3.63, 3.8) is 0 Å². The smallest absolute Gasteiger partial charge is 0.127 e. The van der Waals surface area contributed by atoms with Crippen molar-refractivity contribution < 1.29 is 9.47 Å². The second kappa shape index (κ2) is 7.29. The maximum atomic E-state index is 6.58. The number of ether oxygens (including phenoxy) is 2. The van der Waals surface area contributed by atoms with Crippen LogP contribution in [0.5, 0.6) is 5.75 Å². The van der Waals surface area contributed by atoms with E-state index in [0.717, 1.165) is 44.1 Å². The van der Waals surface area contributed by atoms with Crippen LogP contribution >= 0.6 is 11.6 Å². The van der Waals surface area contributed by atoms with E-state index in [0.29, 0.717) is 10.9 Å². The molecule has 5 nitrogen and oxygen atoms in total. The van der Waals surface area contributed by atoms with E-state index >= 15 is 0 Å². The van der Waals surface area contributed by atoms with Crippen LogP contribution in [0.2, 0.25) is 5.02 Å². The molecule has 1 aromatic carbocycles. The van der Waals surface area contributed by atoms with Gasteiger partial charge in [-0.15, -0.1) is 0 Å². The normalized spacial score (nSPS) is 27.8. The Balaban J connectivity index is 1.26. The molecule has 0 N–H and O–H groups in total. The number of fused-ring (bicyclic) bond motifs is 3. The van der Waals surface area contributed by atoms with E-state index in [-0.39, 0.29) is 17.1 Å². The predicted molar refractivity (Wildman–Crippen MR) is 113 cm³/mol. The number of rotatable bonds is 3. The minimum absolute atomic E-state index is 0.107. The van der Waals surface area contributed by atoms with Crippen molar-refractivity contribution in [1.29, 1.82) is 0 Å². The first-order valence-corrected chi connectivity index (χ1v) is 11.1. The van der Waals surface area contributed by atoms with Gasteiger partial charge < -0.3 is 18.9 Å². The van der Waals surface area contributed by atoms with E-state index in [1.54, 1.807) is 0 Å². The molecule has 156 valence electrons. The van der Waals surface area contributed by atoms with Crippen molar-refractivity contribution in [3.05, 3.63) is 47.5 Å². The SMILES string of the molecule is CC1(C)Oc2cc(Cl)ccc2C2OCC3(CCN(CCn4ccnc4)CC3)CC21. The topological polar surface area (TPSA) is 39.5 Å². The Kier molecular flexibility index (Phi) is 4.88. The number of hydrogen-bond donors (Lipinski definition) is 0. The van der Waals surface area contributed by atoms with Crippen molar-refractivity contribution in [1.82, 2.24) is 14.5 Å². The lowest BCUT2D eigenvalue weighted by Crippen LogP contribution is -2.54. The van der Waals surface area contributed by atoms with Crippen LogP contribution in [0.4, 0.5) is 0 Å². The van der Waals surface area contributed by atoms with Gasteiger partial charge in [-0.25, -0.2) is 4.98 Å². The first kappa shape index (κ1) is 19.4. The average Bonchev–Trinajstić information content (AvgIpc) is 3.21. The van der Waals surface area contributed by atoms with E-state index in [1.807, 2.05) is 30.9 Å². The van der Waals surface area contributed by atoms with Gasteiger partial charge in [0.05, 0.1) is 19.0 Å². The Morgan fingerprint density at radius 3 is 2.79 bits per heavy atom. The zero-order valence-corrected chi connectivity index (χ0v) is 18.1. The number of nitrogens with zero attached hydrogens (tertiary/aromatic N) is 3. The Labute approximate surface area is 178 Å². The number of benzene rings is 1. The van der Waals surface area contributed by atoms with E-state index < -0.39 is 0 Å². The van der Waals surface area contributed by atoms with Crippen LogP contribution in [0.15, 0.2) is 36.9 Å². The van der Waals surface area contributed by atoms with Gasteiger partial charge in [0.25, 0.3) is 0 Å². The zero-order chi connectivity index (χ0) is 20.1. The molecule has 0 aliphatic carbocycles. The van der Waals surface area contributed by atoms with Crippen LogP contribution in [0.25, 0.3) is 0 Å². The molecule has 6 heteroatoms. The maximum absolute atomic E-state index is 6.58. The van der Waals surface area contributed by atoms with E-state index in [4.69, 9.17) is 21.1 Å². The number of likely N-dealkylation sites (tertiary alicyclic amines) is 1. The number of imidazole rings is 1. The van der Waals surface area contributed by atoms with Crippen LogP contribution in [0.3, 0.4) is 0 Å². The summed E-state index contributed by atoms with van der Waals surface area (Å²) in [6, 6.07) is 5.97. The highest BCUT2D eigenvalue weighted by atomic mass is 35.5. The summed E-state index contributed by atoms with van der Waals surface area (Å²) in [6.07, 6.45) is 9.46. The number of piperidine rings is 1. The number of aromatic nitrogens is 2. The molecule has 29 heavy (non-hydrogen) atoms. The molecule has 1 aromatic heterocycles. The fourth-order valence-electron chi connectivity index (χ4n) is 5.40. The molecule has 2 aromatic rings. The lowest BCUT2D eigenvalue weighted by Gasteiger charge is -2.54. The van der Waals surface area contributed by atoms with Gasteiger partial charge in [-0.05, 0) is 63.7 Å². The van der Waals surface area contributed by atoms with E-state index in [2.05, 4.69) is 34.4 Å². The Hall–Kier alpha value is -1.56. The van der Waals surface area contributed by atoms with Crippen LogP contribution in [0, 0.1) is 11.3 Å². The molecule has 0 amide bonds. The highest BCUT2D eigenvalue weighted by Gasteiger charge is 2.52. The summed E-state index contributed by atoms with van der Waals surface area (Å²) in [5.74, 6) is 1.25. The lowest BCUT2D eigenvalue weighted by molar-refractivity contribution is -0.174. The Bertz CT molecular complexity index is 859. The molecule has 2 unspecified atom stereocenters. The Morgan fingerprint density at radius 1 is 1.21 bits per heavy atom. The summed E-state index contributed by atoms with van der Waals surface area (Å²) in [6.45, 7) is 9.64. The van der Waals surface area contributed by atoms with E-state index in [1.165, 1.54) is 19.3 Å². The van der Waals surface area contributed by atoms with Crippen molar-refractivity contribution >= 4 is 11.6 Å². The molecule has 2 saturated heterocycles. The fourth-order valence-corrected chi connectivity index (χ4v) is 5.56. The van der Waals surface area contributed by atoms with Gasteiger partial charge in [0.2, 0.25) is 0 Å². The molecule has 0 bridgehead atoms. The third-order valence-corrected chi connectivity index (χ3v) is 7.52. The summed E-state index contributed by atoms with van der Waals surface area (Å²) in [7, 11) is 0. The van der Waals surface area contributed by atoms with Gasteiger partial charge in [0.15, 0.2) is 0 Å². The molecule has 4 heterocycles. The van der Waals surface area contributed by atoms with Crippen molar-refractivity contribution in [2.75, 3.05) is 26.2 Å². The number of halogens is 1. The van der Waals surface area contributed by atoms with E-state index in [9.17, 15) is 0 Å². The summed E-state index contributed by atoms with van der Waals surface area (Å²) in [4.78, 5) is 6.72. The molecule has 1 spiro atoms. The number of hydrogen-bond acceptors (Lipinski definition) is 4. The third kappa shape index (κ3) is 3.69. The first-order chi connectivity index (χ1) is 13.9. The first-order valence-electron chi connectivity index (χ1n) is 10.7. The molecule has 2 atom stereocenters. The molecule has 0 radical (unpaired) electrons. The summed E-state index contributed by atoms with van der Waals surface area (Å²) < 4.78 is 15.2. The van der Waals surface area contributed by atoms with Crippen molar-refractivity contribution in [2.45, 2.75) is 51.4 Å². The van der Waals surface area contributed by atoms with Crippen molar-refractivity contribution in [3.8, 4) is 5.75 Å². The zero-order valence-electron chi connectivity index (χ0n) is 17.3. The molecule has 5 rings (SSSR count). The van der Waals surface area contributed by atoms with Crippen LogP contribution < -0.4 is 4.74 Å². The predicted octanol–water partition coefficient (Wildman–Crippen LogP) is 4.57. The lowest BCUT2D eigenvalue weighted by atomic mass is 9.64. The maximum Gasteiger partial charge on any atom is 0.127 e. The molecule has 3 aliphatic heterocycles. The largest absolute Gasteiger partial charge is 0.487 e. The van der Waals surface area contributed by atoms with Crippen LogP contribution in [-0.2, 0) is 11.3 Å². The molecule has 2 fully saturated rings. The highest BCUT2D eigenvalue weighted by molar-refractivity contribution is 6.30. The minimum atomic E-state index is -0.256. The third-order valence-electron chi connectivity index (χ3n) is 7.29. The average molecular weight is 416 g/mol. The summed E-state index contributed by atoms with van der Waals surface area (Å²) >= 11 is 6.20. The highest BCUT2D eigenvalue weighted by Crippen LogP contribution is 2.55. The standard InChI is InChI=1S/C23H30ClN3O2/c1-22(2)19-14-23(5-8-26(9-6-23)11-12-27-10-7-25-16-27)15-28-21(19)18-4-3-17(24)13-20(18)29-22/h3-4,7,10,13,16,19,21H,5-6,8-9,11-12,14-15H2,1-2H3. The van der Waals surface area contributed by atoms with Crippen LogP contribution in [0.1, 0.15) is 44.8 Å². The van der Waals surface area contributed by atoms with Crippen molar-refractivity contribution in [2.24, 2.45) is 11.3 Å².